The molecule has 0 amide bonds. The zero-order valence-corrected chi connectivity index (χ0v) is 10.2. The Bertz CT molecular complexity index is 440. The highest BCUT2D eigenvalue weighted by Crippen LogP contribution is 2.29. The van der Waals surface area contributed by atoms with E-state index in [2.05, 4.69) is 19.9 Å². The van der Waals surface area contributed by atoms with Crippen molar-refractivity contribution >= 4 is 0 Å². The van der Waals surface area contributed by atoms with Crippen molar-refractivity contribution in [1.29, 1.82) is 10.5 Å². The van der Waals surface area contributed by atoms with E-state index in [0.717, 1.165) is 5.56 Å². The first-order valence-electron chi connectivity index (χ1n) is 5.65. The van der Waals surface area contributed by atoms with Gasteiger partial charge >= 0.3 is 0 Å². The van der Waals surface area contributed by atoms with Crippen LogP contribution in [0.15, 0.2) is 24.3 Å². The number of benzene rings is 1. The van der Waals surface area contributed by atoms with E-state index in [1.807, 2.05) is 30.3 Å². The van der Waals surface area contributed by atoms with Gasteiger partial charge in [0.2, 0.25) is 0 Å². The number of nitrogens with zero attached hydrogens (tertiary/aromatic N) is 2. The molecule has 0 saturated carbocycles. The smallest absolute Gasteiger partial charge is 0.174 e. The molecular formula is C14H16N2O. The summed E-state index contributed by atoms with van der Waals surface area (Å²) < 4.78 is 5.26. The minimum Gasteiger partial charge on any atom is -0.479 e. The second-order valence-corrected chi connectivity index (χ2v) is 4.23. The average Bonchev–Trinajstić information content (AvgIpc) is 2.33. The highest BCUT2D eigenvalue weighted by molar-refractivity contribution is 5.31. The zero-order valence-electron chi connectivity index (χ0n) is 10.2. The topological polar surface area (TPSA) is 56.8 Å². The number of nitriles is 2. The van der Waals surface area contributed by atoms with Gasteiger partial charge in [0, 0.05) is 6.42 Å². The largest absolute Gasteiger partial charge is 0.479 e. The van der Waals surface area contributed by atoms with Gasteiger partial charge in [0.25, 0.3) is 0 Å². The third-order valence-corrected chi connectivity index (χ3v) is 2.71. The van der Waals surface area contributed by atoms with Crippen LogP contribution in [0.1, 0.15) is 31.7 Å². The first kappa shape index (κ1) is 13.1. The zero-order chi connectivity index (χ0) is 12.7. The predicted octanol–water partition coefficient (Wildman–Crippen LogP) is 3.24. The first-order chi connectivity index (χ1) is 8.19. The molecule has 0 aliphatic carbocycles. The Morgan fingerprint density at radius 3 is 2.59 bits per heavy atom. The lowest BCUT2D eigenvalue weighted by atomic mass is 9.86. The van der Waals surface area contributed by atoms with Crippen LogP contribution >= 0.6 is 0 Å². The monoisotopic (exact) mass is 228 g/mol. The van der Waals surface area contributed by atoms with Gasteiger partial charge in [-0.05, 0) is 29.5 Å². The lowest BCUT2D eigenvalue weighted by Crippen LogP contribution is -2.06. The van der Waals surface area contributed by atoms with Crippen LogP contribution in [-0.2, 0) is 0 Å². The first-order valence-corrected chi connectivity index (χ1v) is 5.65. The van der Waals surface area contributed by atoms with E-state index in [-0.39, 0.29) is 12.5 Å². The van der Waals surface area contributed by atoms with Gasteiger partial charge in [-0.2, -0.15) is 10.5 Å². The Morgan fingerprint density at radius 2 is 2.00 bits per heavy atom. The summed E-state index contributed by atoms with van der Waals surface area (Å²) in [5.74, 6) is 1.30. The van der Waals surface area contributed by atoms with Crippen molar-refractivity contribution in [3.8, 4) is 17.9 Å². The van der Waals surface area contributed by atoms with Crippen molar-refractivity contribution < 1.29 is 4.74 Å². The molecule has 1 atom stereocenters. The Morgan fingerprint density at radius 1 is 1.24 bits per heavy atom. The molecule has 88 valence electrons. The minimum absolute atomic E-state index is 0.0497. The second kappa shape index (κ2) is 6.55. The molecule has 3 heteroatoms. The van der Waals surface area contributed by atoms with Crippen molar-refractivity contribution in [1.82, 2.24) is 0 Å². The Labute approximate surface area is 102 Å². The Kier molecular flexibility index (Phi) is 5.04. The molecule has 0 radical (unpaired) electrons. The summed E-state index contributed by atoms with van der Waals surface area (Å²) in [5.41, 5.74) is 1.09. The van der Waals surface area contributed by atoms with Crippen molar-refractivity contribution in [2.75, 3.05) is 6.61 Å². The summed E-state index contributed by atoms with van der Waals surface area (Å²) in [7, 11) is 0. The van der Waals surface area contributed by atoms with Crippen molar-refractivity contribution in [3.63, 3.8) is 0 Å². The van der Waals surface area contributed by atoms with Crippen molar-refractivity contribution in [2.45, 2.75) is 26.2 Å². The van der Waals surface area contributed by atoms with E-state index >= 15 is 0 Å². The number of hydrogen-bond acceptors (Lipinski definition) is 3. The van der Waals surface area contributed by atoms with E-state index in [4.69, 9.17) is 15.3 Å². The van der Waals surface area contributed by atoms with Crippen LogP contribution in [0.5, 0.6) is 5.75 Å². The van der Waals surface area contributed by atoms with E-state index in [1.54, 1.807) is 0 Å². The molecule has 17 heavy (non-hydrogen) atoms. The van der Waals surface area contributed by atoms with Gasteiger partial charge in [0.1, 0.15) is 11.8 Å². The van der Waals surface area contributed by atoms with Crippen LogP contribution in [0.4, 0.5) is 0 Å². The van der Waals surface area contributed by atoms with Crippen LogP contribution < -0.4 is 4.74 Å². The van der Waals surface area contributed by atoms with E-state index in [1.165, 1.54) is 0 Å². The lowest BCUT2D eigenvalue weighted by Gasteiger charge is -2.18. The number of rotatable bonds is 5. The Balaban J connectivity index is 2.89. The van der Waals surface area contributed by atoms with Crippen LogP contribution in [0.25, 0.3) is 0 Å². The van der Waals surface area contributed by atoms with Gasteiger partial charge in [0.05, 0.1) is 6.07 Å². The highest BCUT2D eigenvalue weighted by Gasteiger charge is 2.15. The standard InChI is InChI=1S/C14H16N2O/c1-11(2)14(6-7-15)12-4-3-5-13(10-12)17-9-8-16/h3-5,10-11,14H,6,9H2,1-2H3. The molecule has 0 aliphatic heterocycles. The van der Waals surface area contributed by atoms with E-state index in [0.29, 0.717) is 18.1 Å². The summed E-state index contributed by atoms with van der Waals surface area (Å²) in [6.07, 6.45) is 0.499. The SMILES string of the molecule is CC(C)C(CC#N)c1cccc(OCC#N)c1. The highest BCUT2D eigenvalue weighted by atomic mass is 16.5. The van der Waals surface area contributed by atoms with Crippen LogP contribution in [-0.4, -0.2) is 6.61 Å². The van der Waals surface area contributed by atoms with Crippen LogP contribution in [0, 0.1) is 28.6 Å². The fourth-order valence-electron chi connectivity index (χ4n) is 1.79. The fourth-order valence-corrected chi connectivity index (χ4v) is 1.79. The van der Waals surface area contributed by atoms with Crippen molar-refractivity contribution in [2.24, 2.45) is 5.92 Å². The predicted molar refractivity (Wildman–Crippen MR) is 65.4 cm³/mol. The van der Waals surface area contributed by atoms with E-state index < -0.39 is 0 Å². The second-order valence-electron chi connectivity index (χ2n) is 4.23. The van der Waals surface area contributed by atoms with Gasteiger partial charge in [0.15, 0.2) is 6.61 Å². The maximum atomic E-state index is 8.83. The fraction of sp³-hybridized carbons (Fsp3) is 0.429. The van der Waals surface area contributed by atoms with Gasteiger partial charge in [-0.15, -0.1) is 0 Å². The summed E-state index contributed by atoms with van der Waals surface area (Å²) in [6.45, 7) is 4.25. The quantitative estimate of drug-likeness (QED) is 0.777. The van der Waals surface area contributed by atoms with Crippen LogP contribution in [0.2, 0.25) is 0 Å². The number of hydrogen-bond donors (Lipinski definition) is 0. The van der Waals surface area contributed by atoms with Gasteiger partial charge < -0.3 is 4.74 Å². The molecule has 0 saturated heterocycles. The molecule has 0 bridgehead atoms. The van der Waals surface area contributed by atoms with Crippen molar-refractivity contribution in [3.05, 3.63) is 29.8 Å². The summed E-state index contributed by atoms with van der Waals surface area (Å²) in [6, 6.07) is 11.8. The van der Waals surface area contributed by atoms with Crippen LogP contribution in [0.3, 0.4) is 0 Å². The maximum Gasteiger partial charge on any atom is 0.174 e. The minimum atomic E-state index is 0.0497. The summed E-state index contributed by atoms with van der Waals surface area (Å²) >= 11 is 0. The molecule has 0 fully saturated rings. The van der Waals surface area contributed by atoms with E-state index in [9.17, 15) is 0 Å². The van der Waals surface area contributed by atoms with Gasteiger partial charge in [-0.1, -0.05) is 26.0 Å². The molecule has 1 aromatic carbocycles. The third kappa shape index (κ3) is 3.81. The lowest BCUT2D eigenvalue weighted by molar-refractivity contribution is 0.366. The van der Waals surface area contributed by atoms with Gasteiger partial charge in [-0.3, -0.25) is 0 Å². The normalized spacial score (nSPS) is 11.6. The summed E-state index contributed by atoms with van der Waals surface area (Å²) in [5, 5.41) is 17.3. The average molecular weight is 228 g/mol. The molecule has 3 nitrogen and oxygen atoms in total. The molecule has 0 spiro atoms. The molecule has 1 aromatic rings. The molecule has 0 aliphatic rings. The molecular weight excluding hydrogens is 212 g/mol. The summed E-state index contributed by atoms with van der Waals surface area (Å²) in [4.78, 5) is 0. The molecule has 1 unspecified atom stereocenters. The Hall–Kier alpha value is -2.00. The third-order valence-electron chi connectivity index (χ3n) is 2.71. The molecule has 0 aromatic heterocycles. The van der Waals surface area contributed by atoms with Gasteiger partial charge in [-0.25, -0.2) is 0 Å². The number of ether oxygens (including phenoxy) is 1. The maximum absolute atomic E-state index is 8.83. The molecule has 0 N–H and O–H groups in total. The molecule has 1 rings (SSSR count). The molecule has 0 heterocycles.